The fourth-order valence-corrected chi connectivity index (χ4v) is 2.92. The fourth-order valence-electron chi connectivity index (χ4n) is 2.21. The van der Waals surface area contributed by atoms with Gasteiger partial charge in [0.05, 0.1) is 12.1 Å². The first kappa shape index (κ1) is 12.2. The number of guanidine groups is 1. The van der Waals surface area contributed by atoms with Gasteiger partial charge >= 0.3 is 0 Å². The third-order valence-corrected chi connectivity index (χ3v) is 3.88. The highest BCUT2D eigenvalue weighted by atomic mass is 79.9. The molecule has 4 heteroatoms. The van der Waals surface area contributed by atoms with Crippen LogP contribution in [0.1, 0.15) is 12.5 Å². The Morgan fingerprint density at radius 1 is 1.59 bits per heavy atom. The first-order valence-corrected chi connectivity index (χ1v) is 6.32. The van der Waals surface area contributed by atoms with E-state index in [4.69, 9.17) is 5.73 Å². The molecule has 2 rings (SSSR count). The van der Waals surface area contributed by atoms with Crippen LogP contribution in [0.5, 0.6) is 0 Å². The predicted octanol–water partition coefficient (Wildman–Crippen LogP) is 2.48. The van der Waals surface area contributed by atoms with E-state index < -0.39 is 0 Å². The maximum atomic E-state index is 5.94. The molecule has 3 nitrogen and oxygen atoms in total. The second-order valence-corrected chi connectivity index (χ2v) is 5.18. The van der Waals surface area contributed by atoms with Gasteiger partial charge < -0.3 is 10.6 Å². The zero-order valence-corrected chi connectivity index (χ0v) is 11.4. The molecule has 0 spiro atoms. The summed E-state index contributed by atoms with van der Waals surface area (Å²) in [5.74, 6) is 0.586. The minimum Gasteiger partial charge on any atom is -0.370 e. The molecule has 1 unspecified atom stereocenters. The maximum Gasteiger partial charge on any atom is 0.192 e. The van der Waals surface area contributed by atoms with Gasteiger partial charge in [0.1, 0.15) is 0 Å². The average molecular weight is 294 g/mol. The van der Waals surface area contributed by atoms with Gasteiger partial charge in [-0.15, -0.1) is 6.58 Å². The average Bonchev–Trinajstić information content (AvgIpc) is 2.59. The molecule has 1 aromatic rings. The number of aliphatic imine (C=N–C) groups is 1. The lowest BCUT2D eigenvalue weighted by Gasteiger charge is -2.36. The van der Waals surface area contributed by atoms with Crippen LogP contribution in [-0.4, -0.2) is 23.9 Å². The van der Waals surface area contributed by atoms with Crippen LogP contribution in [0.2, 0.25) is 0 Å². The lowest BCUT2D eigenvalue weighted by Crippen LogP contribution is -2.47. The molecule has 17 heavy (non-hydrogen) atoms. The molecular weight excluding hydrogens is 278 g/mol. The van der Waals surface area contributed by atoms with E-state index in [0.29, 0.717) is 19.0 Å². The molecule has 0 aromatic heterocycles. The second-order valence-electron chi connectivity index (χ2n) is 4.33. The van der Waals surface area contributed by atoms with E-state index in [1.807, 2.05) is 24.3 Å². The Labute approximate surface area is 110 Å². The molecule has 1 heterocycles. The molecule has 0 bridgehead atoms. The summed E-state index contributed by atoms with van der Waals surface area (Å²) in [6.45, 7) is 7.31. The van der Waals surface area contributed by atoms with Gasteiger partial charge in [0.2, 0.25) is 0 Å². The Bertz CT molecular complexity index is 469. The number of nitrogens with two attached hydrogens (primary N) is 1. The maximum absolute atomic E-state index is 5.94. The highest BCUT2D eigenvalue weighted by Gasteiger charge is 2.39. The summed E-state index contributed by atoms with van der Waals surface area (Å²) in [4.78, 5) is 6.44. The van der Waals surface area contributed by atoms with Gasteiger partial charge in [-0.1, -0.05) is 40.2 Å². The van der Waals surface area contributed by atoms with Crippen molar-refractivity contribution in [3.05, 3.63) is 47.0 Å². The number of rotatable bonds is 3. The summed E-state index contributed by atoms with van der Waals surface area (Å²) < 4.78 is 1.08. The van der Waals surface area contributed by atoms with Crippen LogP contribution < -0.4 is 5.73 Å². The van der Waals surface area contributed by atoms with E-state index in [1.165, 1.54) is 5.56 Å². The molecule has 1 aromatic carbocycles. The lowest BCUT2D eigenvalue weighted by molar-refractivity contribution is 0.244. The Morgan fingerprint density at radius 3 is 2.94 bits per heavy atom. The van der Waals surface area contributed by atoms with Gasteiger partial charge in [0, 0.05) is 11.0 Å². The number of hydrogen-bond acceptors (Lipinski definition) is 3. The summed E-state index contributed by atoms with van der Waals surface area (Å²) in [5, 5.41) is 0. The molecule has 1 aliphatic heterocycles. The van der Waals surface area contributed by atoms with Crippen molar-refractivity contribution in [1.29, 1.82) is 0 Å². The van der Waals surface area contributed by atoms with Gasteiger partial charge in [-0.05, 0) is 18.6 Å². The summed E-state index contributed by atoms with van der Waals surface area (Å²) in [5.41, 5.74) is 6.94. The SMILES string of the molecule is C=CCN1C(N)=NCC1(C)c1ccccc1Br. The van der Waals surface area contributed by atoms with Gasteiger partial charge in [-0.25, -0.2) is 0 Å². The standard InChI is InChI=1S/C13H16BrN3/c1-3-8-17-12(15)16-9-13(17,2)10-6-4-5-7-11(10)14/h3-7H,1,8-9H2,2H3,(H2,15,16). The first-order valence-electron chi connectivity index (χ1n) is 5.53. The zero-order chi connectivity index (χ0) is 12.5. The second kappa shape index (κ2) is 4.53. The molecule has 0 aliphatic carbocycles. The van der Waals surface area contributed by atoms with Crippen molar-refractivity contribution >= 4 is 21.9 Å². The predicted molar refractivity (Wildman–Crippen MR) is 74.9 cm³/mol. The topological polar surface area (TPSA) is 41.6 Å². The van der Waals surface area contributed by atoms with Crippen molar-refractivity contribution in [2.45, 2.75) is 12.5 Å². The van der Waals surface area contributed by atoms with Crippen LogP contribution in [0.3, 0.4) is 0 Å². The summed E-state index contributed by atoms with van der Waals surface area (Å²) in [6, 6.07) is 8.19. The highest BCUT2D eigenvalue weighted by molar-refractivity contribution is 9.10. The van der Waals surface area contributed by atoms with Gasteiger partial charge in [0.25, 0.3) is 0 Å². The van der Waals surface area contributed by atoms with Crippen LogP contribution in [-0.2, 0) is 5.54 Å². The van der Waals surface area contributed by atoms with Crippen LogP contribution in [0, 0.1) is 0 Å². The van der Waals surface area contributed by atoms with Crippen LogP contribution in [0.25, 0.3) is 0 Å². The number of halogens is 1. The van der Waals surface area contributed by atoms with E-state index in [9.17, 15) is 0 Å². The summed E-state index contributed by atoms with van der Waals surface area (Å²) in [6.07, 6.45) is 1.85. The van der Waals surface area contributed by atoms with Gasteiger partial charge in [-0.2, -0.15) is 0 Å². The van der Waals surface area contributed by atoms with Gasteiger partial charge in [0.15, 0.2) is 5.96 Å². The lowest BCUT2D eigenvalue weighted by atomic mass is 9.91. The molecular formula is C13H16BrN3. The Kier molecular flexibility index (Phi) is 3.24. The minimum atomic E-state index is -0.196. The zero-order valence-electron chi connectivity index (χ0n) is 9.86. The largest absolute Gasteiger partial charge is 0.370 e. The molecule has 2 N–H and O–H groups in total. The van der Waals surface area contributed by atoms with Crippen LogP contribution >= 0.6 is 15.9 Å². The van der Waals surface area contributed by atoms with Crippen molar-refractivity contribution in [2.24, 2.45) is 10.7 Å². The minimum absolute atomic E-state index is 0.196. The molecule has 0 saturated carbocycles. The van der Waals surface area contributed by atoms with E-state index in [2.05, 4.69) is 45.4 Å². The van der Waals surface area contributed by atoms with Crippen molar-refractivity contribution in [2.75, 3.05) is 13.1 Å². The van der Waals surface area contributed by atoms with Crippen molar-refractivity contribution in [3.8, 4) is 0 Å². The number of nitrogens with zero attached hydrogens (tertiary/aromatic N) is 2. The normalized spacial score (nSPS) is 23.6. The molecule has 0 amide bonds. The van der Waals surface area contributed by atoms with Crippen LogP contribution in [0.4, 0.5) is 0 Å². The third-order valence-electron chi connectivity index (χ3n) is 3.19. The summed E-state index contributed by atoms with van der Waals surface area (Å²) >= 11 is 3.60. The molecule has 1 atom stereocenters. The van der Waals surface area contributed by atoms with Crippen molar-refractivity contribution in [3.63, 3.8) is 0 Å². The fraction of sp³-hybridized carbons (Fsp3) is 0.308. The quantitative estimate of drug-likeness (QED) is 0.870. The highest BCUT2D eigenvalue weighted by Crippen LogP contribution is 2.36. The first-order chi connectivity index (χ1) is 8.09. The number of hydrogen-bond donors (Lipinski definition) is 1. The smallest absolute Gasteiger partial charge is 0.192 e. The van der Waals surface area contributed by atoms with E-state index in [0.717, 1.165) is 4.47 Å². The Morgan fingerprint density at radius 2 is 2.29 bits per heavy atom. The van der Waals surface area contributed by atoms with Crippen molar-refractivity contribution < 1.29 is 0 Å². The Balaban J connectivity index is 2.43. The monoisotopic (exact) mass is 293 g/mol. The molecule has 90 valence electrons. The van der Waals surface area contributed by atoms with E-state index in [-0.39, 0.29) is 5.54 Å². The Hall–Kier alpha value is -1.29. The van der Waals surface area contributed by atoms with E-state index >= 15 is 0 Å². The van der Waals surface area contributed by atoms with Crippen molar-refractivity contribution in [1.82, 2.24) is 4.90 Å². The third kappa shape index (κ3) is 1.97. The molecule has 0 saturated heterocycles. The molecule has 1 aliphatic rings. The number of benzene rings is 1. The molecule has 0 radical (unpaired) electrons. The molecule has 0 fully saturated rings. The van der Waals surface area contributed by atoms with E-state index in [1.54, 1.807) is 0 Å². The van der Waals surface area contributed by atoms with Gasteiger partial charge in [-0.3, -0.25) is 4.99 Å². The summed E-state index contributed by atoms with van der Waals surface area (Å²) in [7, 11) is 0. The van der Waals surface area contributed by atoms with Crippen LogP contribution in [0.15, 0.2) is 46.4 Å².